The summed E-state index contributed by atoms with van der Waals surface area (Å²) in [5.41, 5.74) is -0.681. The second-order valence-electron chi connectivity index (χ2n) is 10.1. The van der Waals surface area contributed by atoms with Crippen molar-refractivity contribution in [3.8, 4) is 22.6 Å². The molecule has 1 saturated carbocycles. The lowest BCUT2D eigenvalue weighted by Gasteiger charge is -2.34. The van der Waals surface area contributed by atoms with Crippen molar-refractivity contribution in [3.05, 3.63) is 54.9 Å². The average molecular weight is 618 g/mol. The molecule has 0 spiro atoms. The first-order valence-corrected chi connectivity index (χ1v) is 14.9. The zero-order valence-electron chi connectivity index (χ0n) is 22.9. The number of halogens is 3. The normalized spacial score (nSPS) is 17.4. The lowest BCUT2D eigenvalue weighted by molar-refractivity contribution is -0.137. The standard InChI is InChI=1S/C26H26F3N9O4S/c1-37-8-7-20(36-37)21-13-32-22(14-31-21)38(25(39)40)17-5-3-16(4-6-17)34-24-33-12-19(26(27,28)29)23(35-24)15-9-18(11-30-10-15)43(2,41)42/h7-14,16-17H,3-6H2,1-2H3,(H,39,40)(H,33,34,35)/t16-,17-. The number of nitrogens with zero attached hydrogens (tertiary/aromatic N) is 8. The maximum Gasteiger partial charge on any atom is 0.419 e. The second kappa shape index (κ2) is 11.5. The number of aryl methyl sites for hydroxylation is 1. The van der Waals surface area contributed by atoms with Crippen molar-refractivity contribution in [2.75, 3.05) is 16.5 Å². The zero-order valence-corrected chi connectivity index (χ0v) is 23.7. The van der Waals surface area contributed by atoms with Gasteiger partial charge in [-0.25, -0.2) is 33.1 Å². The van der Waals surface area contributed by atoms with E-state index in [1.54, 1.807) is 24.0 Å². The van der Waals surface area contributed by atoms with Crippen LogP contribution in [0.25, 0.3) is 22.6 Å². The van der Waals surface area contributed by atoms with E-state index in [0.717, 1.165) is 24.7 Å². The molecule has 4 aromatic rings. The van der Waals surface area contributed by atoms with Crippen molar-refractivity contribution in [2.45, 2.75) is 48.8 Å². The van der Waals surface area contributed by atoms with Gasteiger partial charge in [0, 0.05) is 55.7 Å². The Kier molecular flexibility index (Phi) is 8.00. The number of carbonyl (C=O) groups is 1. The van der Waals surface area contributed by atoms with Crippen LogP contribution in [0.2, 0.25) is 0 Å². The molecule has 226 valence electrons. The van der Waals surface area contributed by atoms with E-state index in [4.69, 9.17) is 0 Å². The largest absolute Gasteiger partial charge is 0.465 e. The Labute approximate surface area is 243 Å². The first-order chi connectivity index (χ1) is 20.3. The predicted octanol–water partition coefficient (Wildman–Crippen LogP) is 4.06. The molecular formula is C26H26F3N9O4S. The van der Waals surface area contributed by atoms with E-state index in [9.17, 15) is 31.5 Å². The Morgan fingerprint density at radius 3 is 2.37 bits per heavy atom. The highest BCUT2D eigenvalue weighted by Crippen LogP contribution is 2.37. The highest BCUT2D eigenvalue weighted by Gasteiger charge is 2.36. The van der Waals surface area contributed by atoms with Crippen LogP contribution in [0, 0.1) is 0 Å². The molecule has 1 fully saturated rings. The highest BCUT2D eigenvalue weighted by atomic mass is 32.2. The lowest BCUT2D eigenvalue weighted by atomic mass is 9.90. The first kappa shape index (κ1) is 29.8. The smallest absolute Gasteiger partial charge is 0.419 e. The van der Waals surface area contributed by atoms with Gasteiger partial charge in [0.15, 0.2) is 15.7 Å². The molecule has 1 aliphatic rings. The number of aromatic nitrogens is 7. The average Bonchev–Trinajstić information content (AvgIpc) is 3.39. The summed E-state index contributed by atoms with van der Waals surface area (Å²) in [5.74, 6) is 0.0894. The van der Waals surface area contributed by atoms with Crippen molar-refractivity contribution in [1.29, 1.82) is 0 Å². The molecule has 1 aliphatic carbocycles. The maximum atomic E-state index is 13.8. The molecule has 0 radical (unpaired) electrons. The molecule has 13 nitrogen and oxygen atoms in total. The fraction of sp³-hybridized carbons (Fsp3) is 0.346. The summed E-state index contributed by atoms with van der Waals surface area (Å²) < 4.78 is 66.9. The van der Waals surface area contributed by atoms with Crippen molar-refractivity contribution >= 4 is 27.7 Å². The highest BCUT2D eigenvalue weighted by molar-refractivity contribution is 7.90. The monoisotopic (exact) mass is 617 g/mol. The van der Waals surface area contributed by atoms with Crippen LogP contribution in [0.1, 0.15) is 31.2 Å². The third-order valence-electron chi connectivity index (χ3n) is 6.97. The fourth-order valence-corrected chi connectivity index (χ4v) is 5.46. The van der Waals surface area contributed by atoms with Crippen LogP contribution in [0.4, 0.5) is 29.7 Å². The number of amides is 1. The number of pyridine rings is 1. The van der Waals surface area contributed by atoms with Gasteiger partial charge in [-0.05, 0) is 37.8 Å². The van der Waals surface area contributed by atoms with E-state index in [2.05, 4.69) is 35.3 Å². The van der Waals surface area contributed by atoms with Crippen molar-refractivity contribution < 1.29 is 31.5 Å². The summed E-state index contributed by atoms with van der Waals surface area (Å²) in [6.07, 6.45) is 4.14. The summed E-state index contributed by atoms with van der Waals surface area (Å²) in [5, 5.41) is 17.2. The number of alkyl halides is 3. The van der Waals surface area contributed by atoms with E-state index in [-0.39, 0.29) is 28.3 Å². The van der Waals surface area contributed by atoms with E-state index >= 15 is 0 Å². The molecule has 4 aromatic heterocycles. The molecule has 5 rings (SSSR count). The summed E-state index contributed by atoms with van der Waals surface area (Å²) in [4.78, 5) is 33.4. The van der Waals surface area contributed by atoms with Gasteiger partial charge in [-0.15, -0.1) is 0 Å². The molecule has 0 bridgehead atoms. The van der Waals surface area contributed by atoms with Gasteiger partial charge in [-0.1, -0.05) is 0 Å². The topological polar surface area (TPSA) is 169 Å². The molecule has 0 aliphatic heterocycles. The number of nitrogens with one attached hydrogen (secondary N) is 1. The quantitative estimate of drug-likeness (QED) is 0.307. The van der Waals surface area contributed by atoms with Gasteiger partial charge in [0.2, 0.25) is 5.95 Å². The minimum atomic E-state index is -4.80. The molecule has 43 heavy (non-hydrogen) atoms. The predicted molar refractivity (Wildman–Crippen MR) is 148 cm³/mol. The van der Waals surface area contributed by atoms with Gasteiger partial charge in [-0.2, -0.15) is 18.3 Å². The Morgan fingerprint density at radius 1 is 1.05 bits per heavy atom. The van der Waals surface area contributed by atoms with Gasteiger partial charge in [0.25, 0.3) is 0 Å². The van der Waals surface area contributed by atoms with Crippen LogP contribution >= 0.6 is 0 Å². The lowest BCUT2D eigenvalue weighted by Crippen LogP contribution is -2.44. The number of anilines is 2. The van der Waals surface area contributed by atoms with Gasteiger partial charge in [0.1, 0.15) is 17.0 Å². The number of hydrogen-bond donors (Lipinski definition) is 2. The molecule has 0 saturated heterocycles. The molecule has 1 amide bonds. The van der Waals surface area contributed by atoms with Crippen LogP contribution < -0.4 is 10.2 Å². The molecule has 2 N–H and O–H groups in total. The number of rotatable bonds is 7. The third-order valence-corrected chi connectivity index (χ3v) is 8.05. The Hall–Kier alpha value is -4.67. The van der Waals surface area contributed by atoms with E-state index in [1.165, 1.54) is 17.3 Å². The Balaban J connectivity index is 1.31. The number of sulfone groups is 1. The minimum absolute atomic E-state index is 0.0812. The fourth-order valence-electron chi connectivity index (χ4n) is 4.86. The van der Waals surface area contributed by atoms with Gasteiger partial charge >= 0.3 is 12.3 Å². The Bertz CT molecular complexity index is 1740. The van der Waals surface area contributed by atoms with Crippen LogP contribution in [0.5, 0.6) is 0 Å². The van der Waals surface area contributed by atoms with Crippen LogP contribution in [-0.2, 0) is 23.1 Å². The van der Waals surface area contributed by atoms with Crippen molar-refractivity contribution in [2.24, 2.45) is 7.05 Å². The molecular weight excluding hydrogens is 591 g/mol. The molecule has 0 aromatic carbocycles. The van der Waals surface area contributed by atoms with E-state index < -0.39 is 39.4 Å². The number of hydrogen-bond acceptors (Lipinski definition) is 10. The number of carboxylic acid groups (broad SMARTS) is 1. The SMILES string of the molecule is Cn1ccc(-c2cnc(N(C(=O)O)[C@H]3CC[C@H](Nc4ncc(C(F)(F)F)c(-c5cncc(S(C)(=O)=O)c5)n4)CC3)cn2)n1. The van der Waals surface area contributed by atoms with Crippen LogP contribution in [0.15, 0.2) is 54.2 Å². The van der Waals surface area contributed by atoms with E-state index in [1.807, 2.05) is 0 Å². The molecule has 4 heterocycles. The minimum Gasteiger partial charge on any atom is -0.465 e. The van der Waals surface area contributed by atoms with Crippen molar-refractivity contribution in [3.63, 3.8) is 0 Å². The van der Waals surface area contributed by atoms with Gasteiger partial charge < -0.3 is 10.4 Å². The van der Waals surface area contributed by atoms with Gasteiger partial charge in [0.05, 0.1) is 23.0 Å². The van der Waals surface area contributed by atoms with Crippen molar-refractivity contribution in [1.82, 2.24) is 34.7 Å². The van der Waals surface area contributed by atoms with E-state index in [0.29, 0.717) is 43.3 Å². The van der Waals surface area contributed by atoms with Crippen LogP contribution in [0.3, 0.4) is 0 Å². The first-order valence-electron chi connectivity index (χ1n) is 13.0. The molecule has 0 unspecified atom stereocenters. The molecule has 17 heteroatoms. The summed E-state index contributed by atoms with van der Waals surface area (Å²) in [6, 6.07) is 2.19. The Morgan fingerprint density at radius 2 is 1.79 bits per heavy atom. The zero-order chi connectivity index (χ0) is 30.9. The third kappa shape index (κ3) is 6.71. The maximum absolute atomic E-state index is 13.8. The summed E-state index contributed by atoms with van der Waals surface area (Å²) in [7, 11) is -1.96. The second-order valence-corrected chi connectivity index (χ2v) is 12.1. The van der Waals surface area contributed by atoms with Crippen LogP contribution in [-0.4, -0.2) is 72.7 Å². The van der Waals surface area contributed by atoms with Gasteiger partial charge in [-0.3, -0.25) is 14.6 Å². The summed E-state index contributed by atoms with van der Waals surface area (Å²) >= 11 is 0. The summed E-state index contributed by atoms with van der Waals surface area (Å²) in [6.45, 7) is 0. The molecule has 0 atom stereocenters.